The number of amides is 1. The summed E-state index contributed by atoms with van der Waals surface area (Å²) in [7, 11) is 3.08. The summed E-state index contributed by atoms with van der Waals surface area (Å²) in [6.07, 6.45) is -1.13. The van der Waals surface area contributed by atoms with Crippen molar-refractivity contribution in [1.29, 1.82) is 0 Å². The molecular weight excluding hydrogens is 346 g/mol. The summed E-state index contributed by atoms with van der Waals surface area (Å²) < 4.78 is 5.38. The number of rotatable bonds is 4. The van der Waals surface area contributed by atoms with Gasteiger partial charge < -0.3 is 9.53 Å². The Labute approximate surface area is 160 Å². The Balaban J connectivity index is 3.57. The maximum atomic E-state index is 13.2. The third-order valence-electron chi connectivity index (χ3n) is 4.53. The second-order valence-corrected chi connectivity index (χ2v) is 8.99. The van der Waals surface area contributed by atoms with Crippen LogP contribution >= 0.6 is 0 Å². The minimum Gasteiger partial charge on any atom is -0.540 e. The summed E-state index contributed by atoms with van der Waals surface area (Å²) in [6.45, 7) is 17.1. The highest BCUT2D eigenvalue weighted by atomic mass is 28.2. The molecule has 0 bridgehead atoms. The SMILES string of the molecule is Cc1cc(C(=O)[C@H](C)N(C(=O)O)C(C)(C)C)c(O[Si])c(C)c1C(C)(C)C. The number of hydrogen-bond donors (Lipinski definition) is 1. The molecule has 1 atom stereocenters. The number of ketones is 1. The summed E-state index contributed by atoms with van der Waals surface area (Å²) in [5, 5.41) is 9.59. The molecule has 0 saturated heterocycles. The van der Waals surface area contributed by atoms with Crippen molar-refractivity contribution in [2.45, 2.75) is 79.3 Å². The van der Waals surface area contributed by atoms with Gasteiger partial charge in [0.2, 0.25) is 0 Å². The number of carboxylic acid groups (broad SMARTS) is 1. The lowest BCUT2D eigenvalue weighted by Gasteiger charge is -2.37. The van der Waals surface area contributed by atoms with Gasteiger partial charge in [-0.25, -0.2) is 4.79 Å². The number of aryl methyl sites for hydroxylation is 1. The van der Waals surface area contributed by atoms with Crippen LogP contribution in [0.15, 0.2) is 6.07 Å². The van der Waals surface area contributed by atoms with Crippen molar-refractivity contribution in [2.24, 2.45) is 0 Å². The highest BCUT2D eigenvalue weighted by Crippen LogP contribution is 2.37. The number of hydrogen-bond acceptors (Lipinski definition) is 3. The van der Waals surface area contributed by atoms with Crippen LogP contribution in [-0.2, 0) is 5.41 Å². The van der Waals surface area contributed by atoms with Crippen molar-refractivity contribution in [3.8, 4) is 5.75 Å². The summed E-state index contributed by atoms with van der Waals surface area (Å²) in [5.74, 6) is 0.149. The van der Waals surface area contributed by atoms with Crippen molar-refractivity contribution < 1.29 is 19.1 Å². The molecule has 1 amide bonds. The standard InChI is InChI=1S/C20H30NO4Si/c1-11-10-14(17(25-26)12(2)15(11)19(4,5)6)16(22)13(3)21(18(23)24)20(7,8)9/h10,13H,1-9H3,(H,23,24)/t13-/m0/s1. The Morgan fingerprint density at radius 3 is 2.00 bits per heavy atom. The molecule has 0 aliphatic heterocycles. The third kappa shape index (κ3) is 4.28. The summed E-state index contributed by atoms with van der Waals surface area (Å²) >= 11 is 0. The van der Waals surface area contributed by atoms with Crippen LogP contribution < -0.4 is 4.43 Å². The molecule has 5 nitrogen and oxygen atoms in total. The fourth-order valence-corrected chi connectivity index (χ4v) is 4.07. The van der Waals surface area contributed by atoms with Crippen LogP contribution in [0.25, 0.3) is 0 Å². The monoisotopic (exact) mass is 376 g/mol. The van der Waals surface area contributed by atoms with Crippen LogP contribution in [0.3, 0.4) is 0 Å². The first-order chi connectivity index (χ1) is 11.6. The molecule has 1 N–H and O–H groups in total. The van der Waals surface area contributed by atoms with E-state index < -0.39 is 17.7 Å². The zero-order valence-electron chi connectivity index (χ0n) is 17.3. The van der Waals surface area contributed by atoms with Crippen molar-refractivity contribution in [3.05, 3.63) is 28.3 Å². The van der Waals surface area contributed by atoms with Gasteiger partial charge >= 0.3 is 16.6 Å². The van der Waals surface area contributed by atoms with Crippen molar-refractivity contribution in [1.82, 2.24) is 4.90 Å². The Bertz CT molecular complexity index is 714. The van der Waals surface area contributed by atoms with E-state index in [9.17, 15) is 14.7 Å². The third-order valence-corrected chi connectivity index (χ3v) is 4.73. The number of carbonyl (C=O) groups is 2. The van der Waals surface area contributed by atoms with E-state index in [0.29, 0.717) is 11.3 Å². The molecule has 1 aromatic carbocycles. The van der Waals surface area contributed by atoms with E-state index in [-0.39, 0.29) is 11.2 Å². The van der Waals surface area contributed by atoms with Gasteiger partial charge in [0, 0.05) is 5.54 Å². The first kappa shape index (κ1) is 22.2. The Morgan fingerprint density at radius 2 is 1.65 bits per heavy atom. The first-order valence-electron chi connectivity index (χ1n) is 8.69. The zero-order chi connectivity index (χ0) is 20.6. The number of Topliss-reactive ketones (excluding diaryl/α,β-unsaturated/α-hetero) is 1. The van der Waals surface area contributed by atoms with Gasteiger partial charge in [-0.05, 0) is 69.7 Å². The minimum atomic E-state index is -1.13. The van der Waals surface area contributed by atoms with Gasteiger partial charge in [-0.15, -0.1) is 0 Å². The zero-order valence-corrected chi connectivity index (χ0v) is 18.3. The second-order valence-electron chi connectivity index (χ2n) is 8.79. The molecular formula is C20H30NO4Si. The Hall–Kier alpha value is -1.82. The molecule has 1 rings (SSSR count). The molecule has 1 aromatic rings. The fraction of sp³-hybridized carbons (Fsp3) is 0.600. The van der Waals surface area contributed by atoms with Gasteiger partial charge in [0.25, 0.3) is 0 Å². The molecule has 0 heterocycles. The number of carbonyl (C=O) groups excluding carboxylic acids is 1. The molecule has 0 spiro atoms. The van der Waals surface area contributed by atoms with E-state index in [2.05, 4.69) is 31.3 Å². The van der Waals surface area contributed by atoms with E-state index in [0.717, 1.165) is 16.7 Å². The molecule has 26 heavy (non-hydrogen) atoms. The quantitative estimate of drug-likeness (QED) is 0.624. The van der Waals surface area contributed by atoms with Crippen LogP contribution in [0.5, 0.6) is 5.75 Å². The van der Waals surface area contributed by atoms with Crippen LogP contribution in [0.1, 0.15) is 75.5 Å². The Kier molecular flexibility index (Phi) is 6.35. The van der Waals surface area contributed by atoms with E-state index in [1.54, 1.807) is 33.8 Å². The van der Waals surface area contributed by atoms with Gasteiger partial charge in [0.15, 0.2) is 5.78 Å². The van der Waals surface area contributed by atoms with Crippen molar-refractivity contribution in [3.63, 3.8) is 0 Å². The smallest absolute Gasteiger partial charge is 0.408 e. The van der Waals surface area contributed by atoms with Gasteiger partial charge in [-0.2, -0.15) is 0 Å². The van der Waals surface area contributed by atoms with Crippen LogP contribution in [0.4, 0.5) is 4.79 Å². The van der Waals surface area contributed by atoms with Crippen molar-refractivity contribution in [2.75, 3.05) is 0 Å². The lowest BCUT2D eigenvalue weighted by molar-refractivity contribution is 0.0587. The van der Waals surface area contributed by atoms with E-state index in [4.69, 9.17) is 4.43 Å². The van der Waals surface area contributed by atoms with Gasteiger partial charge in [0.05, 0.1) is 11.6 Å². The summed E-state index contributed by atoms with van der Waals surface area (Å²) in [4.78, 5) is 26.1. The predicted molar refractivity (Wildman–Crippen MR) is 104 cm³/mol. The predicted octanol–water partition coefficient (Wildman–Crippen LogP) is 4.41. The van der Waals surface area contributed by atoms with E-state index in [1.165, 1.54) is 4.90 Å². The average Bonchev–Trinajstić information content (AvgIpc) is 2.42. The lowest BCUT2D eigenvalue weighted by atomic mass is 9.79. The summed E-state index contributed by atoms with van der Waals surface area (Å²) in [6, 6.07) is 0.956. The van der Waals surface area contributed by atoms with Crippen LogP contribution in [0.2, 0.25) is 0 Å². The molecule has 0 aromatic heterocycles. The molecule has 0 aliphatic rings. The second kappa shape index (κ2) is 7.43. The highest BCUT2D eigenvalue weighted by Gasteiger charge is 2.36. The molecule has 6 heteroatoms. The summed E-state index contributed by atoms with van der Waals surface area (Å²) in [5.41, 5.74) is 2.54. The largest absolute Gasteiger partial charge is 0.540 e. The first-order valence-corrected chi connectivity index (χ1v) is 9.10. The van der Waals surface area contributed by atoms with Gasteiger partial charge in [0.1, 0.15) is 5.75 Å². The number of nitrogens with zero attached hydrogens (tertiary/aromatic N) is 1. The highest BCUT2D eigenvalue weighted by molar-refractivity contribution is 6.07. The minimum absolute atomic E-state index is 0.112. The fourth-order valence-electron chi connectivity index (χ4n) is 3.81. The van der Waals surface area contributed by atoms with Gasteiger partial charge in [-0.1, -0.05) is 20.8 Å². The van der Waals surface area contributed by atoms with Crippen LogP contribution in [-0.4, -0.2) is 43.9 Å². The van der Waals surface area contributed by atoms with E-state index in [1.807, 2.05) is 13.8 Å². The van der Waals surface area contributed by atoms with Crippen LogP contribution in [0, 0.1) is 13.8 Å². The molecule has 3 radical (unpaired) electrons. The molecule has 143 valence electrons. The number of benzene rings is 1. The average molecular weight is 377 g/mol. The van der Waals surface area contributed by atoms with Gasteiger partial charge in [-0.3, -0.25) is 9.69 Å². The normalized spacial score (nSPS) is 13.3. The molecule has 0 aliphatic carbocycles. The maximum Gasteiger partial charge on any atom is 0.408 e. The van der Waals surface area contributed by atoms with Crippen molar-refractivity contribution >= 4 is 22.4 Å². The molecule has 0 saturated carbocycles. The molecule has 0 fully saturated rings. The molecule has 0 unspecified atom stereocenters. The maximum absolute atomic E-state index is 13.2. The topological polar surface area (TPSA) is 66.8 Å². The lowest BCUT2D eigenvalue weighted by Crippen LogP contribution is -2.53. The van der Waals surface area contributed by atoms with E-state index >= 15 is 0 Å². The Morgan fingerprint density at radius 1 is 1.15 bits per heavy atom.